The molecule has 0 spiro atoms. The molecule has 2 atom stereocenters. The van der Waals surface area contributed by atoms with Crippen LogP contribution in [0.1, 0.15) is 13.3 Å². The summed E-state index contributed by atoms with van der Waals surface area (Å²) in [6.07, 6.45) is 0.985. The first-order valence-corrected chi connectivity index (χ1v) is 4.17. The lowest BCUT2D eigenvalue weighted by molar-refractivity contribution is -0.135. The quantitative estimate of drug-likeness (QED) is 0.502. The Labute approximate surface area is 66.3 Å². The van der Waals surface area contributed by atoms with Crippen LogP contribution in [0.4, 0.5) is 0 Å². The monoisotopic (exact) mass is 155 g/mol. The number of morpholine rings is 1. The zero-order valence-corrected chi connectivity index (χ0v) is 6.75. The van der Waals surface area contributed by atoms with Gasteiger partial charge in [0.05, 0.1) is 19.3 Å². The highest BCUT2D eigenvalue weighted by molar-refractivity contribution is 5.81. The van der Waals surface area contributed by atoms with Gasteiger partial charge in [-0.05, 0) is 6.42 Å². The maximum atomic E-state index is 11.4. The standard InChI is InChI=1S/C8H13NO2/c1-6-4-7-5-11-3-2-9(7)8(6)10/h6-7H,2-5H2,1H3/t6-,7-/m0/s1. The number of carbonyl (C=O) groups excluding carboxylic acids is 1. The number of hydrogen-bond donors (Lipinski definition) is 0. The number of fused-ring (bicyclic) bond motifs is 1. The van der Waals surface area contributed by atoms with Gasteiger partial charge in [-0.3, -0.25) is 4.79 Å². The van der Waals surface area contributed by atoms with E-state index in [1.165, 1.54) is 0 Å². The molecule has 0 aliphatic carbocycles. The highest BCUT2D eigenvalue weighted by Crippen LogP contribution is 2.25. The van der Waals surface area contributed by atoms with Crippen LogP contribution in [-0.4, -0.2) is 36.6 Å². The molecule has 3 heteroatoms. The highest BCUT2D eigenvalue weighted by Gasteiger charge is 2.38. The zero-order valence-electron chi connectivity index (χ0n) is 6.75. The first kappa shape index (κ1) is 7.10. The molecule has 0 saturated carbocycles. The lowest BCUT2D eigenvalue weighted by Crippen LogP contribution is -2.43. The van der Waals surface area contributed by atoms with E-state index in [1.54, 1.807) is 0 Å². The van der Waals surface area contributed by atoms with E-state index >= 15 is 0 Å². The largest absolute Gasteiger partial charge is 0.377 e. The molecule has 3 nitrogen and oxygen atoms in total. The van der Waals surface area contributed by atoms with Crippen molar-refractivity contribution in [2.45, 2.75) is 19.4 Å². The van der Waals surface area contributed by atoms with Gasteiger partial charge in [0.25, 0.3) is 0 Å². The van der Waals surface area contributed by atoms with E-state index in [4.69, 9.17) is 4.74 Å². The van der Waals surface area contributed by atoms with Crippen molar-refractivity contribution in [2.75, 3.05) is 19.8 Å². The highest BCUT2D eigenvalue weighted by atomic mass is 16.5. The van der Waals surface area contributed by atoms with Crippen molar-refractivity contribution in [1.29, 1.82) is 0 Å². The minimum atomic E-state index is 0.224. The van der Waals surface area contributed by atoms with Gasteiger partial charge < -0.3 is 9.64 Å². The molecule has 0 unspecified atom stereocenters. The molecule has 2 rings (SSSR count). The fourth-order valence-electron chi connectivity index (χ4n) is 1.93. The minimum absolute atomic E-state index is 0.224. The number of rotatable bonds is 0. The van der Waals surface area contributed by atoms with Crippen LogP contribution in [0.5, 0.6) is 0 Å². The molecule has 0 bridgehead atoms. The van der Waals surface area contributed by atoms with Gasteiger partial charge in [0.1, 0.15) is 0 Å². The molecule has 0 aromatic heterocycles. The number of amides is 1. The molecule has 2 aliphatic rings. The second-order valence-corrected chi connectivity index (χ2v) is 3.40. The van der Waals surface area contributed by atoms with Crippen molar-refractivity contribution < 1.29 is 9.53 Å². The van der Waals surface area contributed by atoms with E-state index in [1.807, 2.05) is 11.8 Å². The van der Waals surface area contributed by atoms with Crippen LogP contribution in [0.3, 0.4) is 0 Å². The van der Waals surface area contributed by atoms with Crippen LogP contribution >= 0.6 is 0 Å². The average molecular weight is 155 g/mol. The Bertz CT molecular complexity index is 181. The number of hydrogen-bond acceptors (Lipinski definition) is 2. The predicted molar refractivity (Wildman–Crippen MR) is 40.1 cm³/mol. The fourth-order valence-corrected chi connectivity index (χ4v) is 1.93. The van der Waals surface area contributed by atoms with Crippen LogP contribution in [0, 0.1) is 5.92 Å². The van der Waals surface area contributed by atoms with Gasteiger partial charge in [0, 0.05) is 12.5 Å². The van der Waals surface area contributed by atoms with Gasteiger partial charge in [-0.2, -0.15) is 0 Å². The summed E-state index contributed by atoms with van der Waals surface area (Å²) in [5.74, 6) is 0.542. The van der Waals surface area contributed by atoms with Gasteiger partial charge in [0.15, 0.2) is 0 Å². The molecular weight excluding hydrogens is 142 g/mol. The molecule has 0 N–H and O–H groups in total. The second-order valence-electron chi connectivity index (χ2n) is 3.40. The van der Waals surface area contributed by atoms with Crippen molar-refractivity contribution in [2.24, 2.45) is 5.92 Å². The zero-order chi connectivity index (χ0) is 7.84. The molecule has 0 aromatic carbocycles. The Hall–Kier alpha value is -0.570. The first-order valence-electron chi connectivity index (χ1n) is 4.17. The lowest BCUT2D eigenvalue weighted by Gasteiger charge is -2.29. The summed E-state index contributed by atoms with van der Waals surface area (Å²) in [6, 6.07) is 0.381. The van der Waals surface area contributed by atoms with E-state index in [0.717, 1.165) is 26.2 Å². The van der Waals surface area contributed by atoms with Gasteiger partial charge in [-0.1, -0.05) is 6.92 Å². The molecule has 2 saturated heterocycles. The second kappa shape index (κ2) is 2.48. The van der Waals surface area contributed by atoms with Crippen molar-refractivity contribution in [3.63, 3.8) is 0 Å². The Kier molecular flexibility index (Phi) is 1.60. The average Bonchev–Trinajstić information content (AvgIpc) is 2.30. The van der Waals surface area contributed by atoms with Crippen LogP contribution in [0.15, 0.2) is 0 Å². The molecular formula is C8H13NO2. The number of ether oxygens (including phenoxy) is 1. The summed E-state index contributed by atoms with van der Waals surface area (Å²) in [6.45, 7) is 4.26. The SMILES string of the molecule is C[C@H]1C[C@H]2COCCN2C1=O. The molecule has 0 radical (unpaired) electrons. The van der Waals surface area contributed by atoms with E-state index in [2.05, 4.69) is 0 Å². The Balaban J connectivity index is 2.11. The van der Waals surface area contributed by atoms with Crippen LogP contribution in [0.2, 0.25) is 0 Å². The summed E-state index contributed by atoms with van der Waals surface area (Å²) in [7, 11) is 0. The van der Waals surface area contributed by atoms with Gasteiger partial charge in [-0.15, -0.1) is 0 Å². The van der Waals surface area contributed by atoms with Crippen molar-refractivity contribution >= 4 is 5.91 Å². The number of carbonyl (C=O) groups is 1. The first-order chi connectivity index (χ1) is 5.29. The third kappa shape index (κ3) is 1.03. The molecule has 2 heterocycles. The van der Waals surface area contributed by atoms with Crippen LogP contribution < -0.4 is 0 Å². The minimum Gasteiger partial charge on any atom is -0.377 e. The van der Waals surface area contributed by atoms with Crippen LogP contribution in [-0.2, 0) is 9.53 Å². The van der Waals surface area contributed by atoms with Crippen LogP contribution in [0.25, 0.3) is 0 Å². The summed E-state index contributed by atoms with van der Waals surface area (Å²) in [5.41, 5.74) is 0. The van der Waals surface area contributed by atoms with Gasteiger partial charge in [-0.25, -0.2) is 0 Å². The Morgan fingerprint density at radius 1 is 1.64 bits per heavy atom. The fraction of sp³-hybridized carbons (Fsp3) is 0.875. The number of nitrogens with zero attached hydrogens (tertiary/aromatic N) is 1. The molecule has 0 aromatic rings. The smallest absolute Gasteiger partial charge is 0.225 e. The van der Waals surface area contributed by atoms with E-state index in [-0.39, 0.29) is 5.92 Å². The van der Waals surface area contributed by atoms with Crippen molar-refractivity contribution in [3.8, 4) is 0 Å². The van der Waals surface area contributed by atoms with Gasteiger partial charge >= 0.3 is 0 Å². The molecule has 11 heavy (non-hydrogen) atoms. The Morgan fingerprint density at radius 3 is 3.18 bits per heavy atom. The maximum absolute atomic E-state index is 11.4. The lowest BCUT2D eigenvalue weighted by atomic mass is 10.1. The summed E-state index contributed by atoms with van der Waals surface area (Å²) >= 11 is 0. The van der Waals surface area contributed by atoms with E-state index < -0.39 is 0 Å². The summed E-state index contributed by atoms with van der Waals surface area (Å²) < 4.78 is 5.29. The Morgan fingerprint density at radius 2 is 2.45 bits per heavy atom. The third-order valence-electron chi connectivity index (χ3n) is 2.56. The maximum Gasteiger partial charge on any atom is 0.225 e. The third-order valence-corrected chi connectivity index (χ3v) is 2.56. The summed E-state index contributed by atoms with van der Waals surface area (Å²) in [4.78, 5) is 13.4. The topological polar surface area (TPSA) is 29.5 Å². The molecule has 2 fully saturated rings. The molecule has 62 valence electrons. The van der Waals surface area contributed by atoms with Gasteiger partial charge in [0.2, 0.25) is 5.91 Å². The normalized spacial score (nSPS) is 37.5. The van der Waals surface area contributed by atoms with Crippen molar-refractivity contribution in [3.05, 3.63) is 0 Å². The molecule has 2 aliphatic heterocycles. The predicted octanol–water partition coefficient (Wildman–Crippen LogP) is 0.254. The van der Waals surface area contributed by atoms with E-state index in [9.17, 15) is 4.79 Å². The molecule has 1 amide bonds. The summed E-state index contributed by atoms with van der Waals surface area (Å²) in [5, 5.41) is 0. The van der Waals surface area contributed by atoms with E-state index in [0.29, 0.717) is 11.9 Å². The van der Waals surface area contributed by atoms with Crippen molar-refractivity contribution in [1.82, 2.24) is 4.90 Å².